The first-order valence-electron chi connectivity index (χ1n) is 8.73. The highest BCUT2D eigenvalue weighted by Crippen LogP contribution is 2.25. The largest absolute Gasteiger partial charge is 0.507 e. The molecule has 0 spiro atoms. The van der Waals surface area contributed by atoms with Crippen LogP contribution in [0.2, 0.25) is 0 Å². The van der Waals surface area contributed by atoms with Crippen LogP contribution >= 0.6 is 0 Å². The highest BCUT2D eigenvalue weighted by atomic mass is 16.6. The van der Waals surface area contributed by atoms with E-state index in [2.05, 4.69) is 0 Å². The van der Waals surface area contributed by atoms with Crippen LogP contribution in [-0.2, 0) is 4.74 Å². The van der Waals surface area contributed by atoms with Gasteiger partial charge in [0.2, 0.25) is 0 Å². The van der Waals surface area contributed by atoms with Crippen molar-refractivity contribution in [3.63, 3.8) is 0 Å². The van der Waals surface area contributed by atoms with Crippen LogP contribution in [0.25, 0.3) is 10.8 Å². The molecule has 0 aromatic heterocycles. The van der Waals surface area contributed by atoms with Gasteiger partial charge in [-0.3, -0.25) is 4.79 Å². The van der Waals surface area contributed by atoms with Crippen LogP contribution in [-0.4, -0.2) is 58.7 Å². The molecule has 6 nitrogen and oxygen atoms in total. The Kier molecular flexibility index (Phi) is 4.76. The van der Waals surface area contributed by atoms with Gasteiger partial charge in [-0.25, -0.2) is 4.79 Å². The number of hydrogen-bond acceptors (Lipinski definition) is 4. The minimum absolute atomic E-state index is 0.0703. The van der Waals surface area contributed by atoms with Crippen LogP contribution in [0, 0.1) is 0 Å². The summed E-state index contributed by atoms with van der Waals surface area (Å²) >= 11 is 0. The number of fused-ring (bicyclic) bond motifs is 1. The molecule has 1 fully saturated rings. The second-order valence-corrected chi connectivity index (χ2v) is 7.47. The quantitative estimate of drug-likeness (QED) is 0.852. The summed E-state index contributed by atoms with van der Waals surface area (Å²) in [6.07, 6.45) is -0.342. The van der Waals surface area contributed by atoms with Crippen LogP contribution < -0.4 is 0 Å². The minimum atomic E-state index is -0.527. The summed E-state index contributed by atoms with van der Waals surface area (Å²) in [4.78, 5) is 28.3. The van der Waals surface area contributed by atoms with E-state index in [-0.39, 0.29) is 17.7 Å². The lowest BCUT2D eigenvalue weighted by Crippen LogP contribution is -2.51. The van der Waals surface area contributed by atoms with Gasteiger partial charge < -0.3 is 19.6 Å². The summed E-state index contributed by atoms with van der Waals surface area (Å²) < 4.78 is 5.38. The van der Waals surface area contributed by atoms with E-state index in [4.69, 9.17) is 4.74 Å². The highest BCUT2D eigenvalue weighted by molar-refractivity contribution is 5.99. The van der Waals surface area contributed by atoms with E-state index < -0.39 is 5.60 Å². The molecule has 1 aliphatic rings. The second-order valence-electron chi connectivity index (χ2n) is 7.47. The van der Waals surface area contributed by atoms with E-state index in [0.29, 0.717) is 31.7 Å². The summed E-state index contributed by atoms with van der Waals surface area (Å²) in [5.41, 5.74) is 0.0505. The van der Waals surface area contributed by atoms with Gasteiger partial charge in [0.05, 0.1) is 0 Å². The Morgan fingerprint density at radius 3 is 2.31 bits per heavy atom. The van der Waals surface area contributed by atoms with Gasteiger partial charge in [0.1, 0.15) is 11.4 Å². The number of ether oxygens (including phenoxy) is 1. The van der Waals surface area contributed by atoms with Crippen molar-refractivity contribution in [3.05, 3.63) is 42.0 Å². The molecule has 6 heteroatoms. The zero-order valence-electron chi connectivity index (χ0n) is 15.4. The van der Waals surface area contributed by atoms with Crippen molar-refractivity contribution < 1.29 is 19.4 Å². The molecule has 0 saturated carbocycles. The first-order valence-corrected chi connectivity index (χ1v) is 8.73. The Labute approximate surface area is 153 Å². The molecule has 0 bridgehead atoms. The Morgan fingerprint density at radius 1 is 1.00 bits per heavy atom. The molecule has 0 atom stereocenters. The van der Waals surface area contributed by atoms with Crippen LogP contribution in [0.15, 0.2) is 36.4 Å². The first kappa shape index (κ1) is 18.0. The summed E-state index contributed by atoms with van der Waals surface area (Å²) in [6.45, 7) is 7.35. The molecule has 2 aromatic carbocycles. The summed E-state index contributed by atoms with van der Waals surface area (Å²) in [7, 11) is 0. The number of carbonyl (C=O) groups excluding carboxylic acids is 2. The van der Waals surface area contributed by atoms with Gasteiger partial charge in [0, 0.05) is 37.1 Å². The fourth-order valence-corrected chi connectivity index (χ4v) is 3.00. The van der Waals surface area contributed by atoms with Gasteiger partial charge in [0.15, 0.2) is 0 Å². The lowest BCUT2D eigenvalue weighted by atomic mass is 10.1. The second kappa shape index (κ2) is 6.86. The Balaban J connectivity index is 1.66. The van der Waals surface area contributed by atoms with Crippen molar-refractivity contribution in [3.8, 4) is 5.75 Å². The van der Waals surface area contributed by atoms with Crippen molar-refractivity contribution in [2.24, 2.45) is 0 Å². The molecule has 26 heavy (non-hydrogen) atoms. The maximum atomic E-state index is 12.8. The SMILES string of the molecule is CC(C)(C)OC(=O)N1CCN(C(=O)c2ccc3c(O)cccc3c2)CC1. The van der Waals surface area contributed by atoms with Crippen LogP contribution in [0.1, 0.15) is 31.1 Å². The minimum Gasteiger partial charge on any atom is -0.507 e. The number of nitrogens with zero attached hydrogens (tertiary/aromatic N) is 2. The number of benzene rings is 2. The molecule has 138 valence electrons. The Morgan fingerprint density at radius 2 is 1.65 bits per heavy atom. The zero-order chi connectivity index (χ0) is 18.9. The topological polar surface area (TPSA) is 70.1 Å². The Bertz CT molecular complexity index is 833. The van der Waals surface area contributed by atoms with Gasteiger partial charge in [0.25, 0.3) is 5.91 Å². The summed E-state index contributed by atoms with van der Waals surface area (Å²) in [6, 6.07) is 10.5. The number of carbonyl (C=O) groups is 2. The molecule has 1 saturated heterocycles. The number of aromatic hydroxyl groups is 1. The number of piperazine rings is 1. The molecular formula is C20H24N2O4. The fraction of sp³-hybridized carbons (Fsp3) is 0.400. The monoisotopic (exact) mass is 356 g/mol. The van der Waals surface area contributed by atoms with Crippen LogP contribution in [0.4, 0.5) is 4.79 Å². The van der Waals surface area contributed by atoms with Crippen molar-refractivity contribution in [1.29, 1.82) is 0 Å². The summed E-state index contributed by atoms with van der Waals surface area (Å²) in [5.74, 6) is 0.131. The average Bonchev–Trinajstić information content (AvgIpc) is 2.60. The highest BCUT2D eigenvalue weighted by Gasteiger charge is 2.28. The molecule has 0 aliphatic carbocycles. The molecule has 3 rings (SSSR count). The van der Waals surface area contributed by atoms with Gasteiger partial charge >= 0.3 is 6.09 Å². The molecule has 2 amide bonds. The molecule has 1 heterocycles. The van der Waals surface area contributed by atoms with E-state index in [1.807, 2.05) is 26.8 Å². The van der Waals surface area contributed by atoms with Crippen molar-refractivity contribution in [1.82, 2.24) is 9.80 Å². The lowest BCUT2D eigenvalue weighted by Gasteiger charge is -2.35. The standard InChI is InChI=1S/C20H24N2O4/c1-20(2,3)26-19(25)22-11-9-21(10-12-22)18(24)15-7-8-16-14(13-15)5-4-6-17(16)23/h4-8,13,23H,9-12H2,1-3H3. The van der Waals surface area contributed by atoms with E-state index in [0.717, 1.165) is 10.8 Å². The predicted octanol–water partition coefficient (Wildman–Crippen LogP) is 3.24. The van der Waals surface area contributed by atoms with Crippen molar-refractivity contribution in [2.75, 3.05) is 26.2 Å². The maximum absolute atomic E-state index is 12.8. The average molecular weight is 356 g/mol. The Hall–Kier alpha value is -2.76. The lowest BCUT2D eigenvalue weighted by molar-refractivity contribution is 0.0141. The predicted molar refractivity (Wildman–Crippen MR) is 99.3 cm³/mol. The third kappa shape index (κ3) is 3.90. The van der Waals surface area contributed by atoms with E-state index >= 15 is 0 Å². The van der Waals surface area contributed by atoms with Gasteiger partial charge in [-0.15, -0.1) is 0 Å². The molecule has 0 radical (unpaired) electrons. The van der Waals surface area contributed by atoms with Gasteiger partial charge in [-0.05, 0) is 50.4 Å². The third-order valence-corrected chi connectivity index (χ3v) is 4.32. The van der Waals surface area contributed by atoms with Crippen molar-refractivity contribution >= 4 is 22.8 Å². The number of phenols is 1. The number of rotatable bonds is 1. The smallest absolute Gasteiger partial charge is 0.410 e. The van der Waals surface area contributed by atoms with Crippen LogP contribution in [0.5, 0.6) is 5.75 Å². The number of phenolic OH excluding ortho intramolecular Hbond substituents is 1. The fourth-order valence-electron chi connectivity index (χ4n) is 3.00. The van der Waals surface area contributed by atoms with Gasteiger partial charge in [-0.2, -0.15) is 0 Å². The molecule has 0 unspecified atom stereocenters. The van der Waals surface area contributed by atoms with Gasteiger partial charge in [-0.1, -0.05) is 12.1 Å². The van der Waals surface area contributed by atoms with E-state index in [9.17, 15) is 14.7 Å². The van der Waals surface area contributed by atoms with E-state index in [1.165, 1.54) is 0 Å². The number of amides is 2. The molecule has 1 aliphatic heterocycles. The zero-order valence-corrected chi connectivity index (χ0v) is 15.4. The molecule has 2 aromatic rings. The summed E-state index contributed by atoms with van der Waals surface area (Å²) in [5, 5.41) is 11.4. The van der Waals surface area contributed by atoms with Crippen molar-refractivity contribution in [2.45, 2.75) is 26.4 Å². The maximum Gasteiger partial charge on any atom is 0.410 e. The first-order chi connectivity index (χ1) is 12.2. The van der Waals surface area contributed by atoms with E-state index in [1.54, 1.807) is 40.1 Å². The number of hydrogen-bond donors (Lipinski definition) is 1. The molecule has 1 N–H and O–H groups in total. The third-order valence-electron chi connectivity index (χ3n) is 4.32. The normalized spacial score (nSPS) is 15.2. The van der Waals surface area contributed by atoms with Crippen LogP contribution in [0.3, 0.4) is 0 Å². The molecular weight excluding hydrogens is 332 g/mol.